The molecule has 0 aliphatic heterocycles. The molecule has 0 spiro atoms. The van der Waals surface area contributed by atoms with E-state index in [1.54, 1.807) is 12.1 Å². The van der Waals surface area contributed by atoms with Crippen LogP contribution in [0.25, 0.3) is 6.08 Å². The summed E-state index contributed by atoms with van der Waals surface area (Å²) in [7, 11) is 0. The van der Waals surface area contributed by atoms with Gasteiger partial charge in [0.2, 0.25) is 0 Å². The predicted molar refractivity (Wildman–Crippen MR) is 129 cm³/mol. The van der Waals surface area contributed by atoms with Crippen molar-refractivity contribution < 1.29 is 41.8 Å². The first-order chi connectivity index (χ1) is 17.5. The third-order valence-electron chi connectivity index (χ3n) is 5.81. The molecular formula is C26H27F3N2O6. The lowest BCUT2D eigenvalue weighted by atomic mass is 9.82. The number of anilines is 2. The molecule has 198 valence electrons. The predicted octanol–water partition coefficient (Wildman–Crippen LogP) is 4.54. The minimum absolute atomic E-state index is 0.0805. The Kier molecular flexibility index (Phi) is 9.15. The number of benzene rings is 2. The number of rotatable bonds is 8. The first-order valence-corrected chi connectivity index (χ1v) is 11.6. The number of carbonyl (C=O) groups is 3. The Bertz CT molecular complexity index is 1120. The third kappa shape index (κ3) is 8.55. The highest BCUT2D eigenvalue weighted by atomic mass is 19.4. The van der Waals surface area contributed by atoms with Gasteiger partial charge in [-0.15, -0.1) is 0 Å². The second-order valence-electron chi connectivity index (χ2n) is 8.61. The minimum atomic E-state index is -4.23. The van der Waals surface area contributed by atoms with E-state index in [1.165, 1.54) is 42.5 Å². The molecule has 1 aliphatic rings. The highest BCUT2D eigenvalue weighted by molar-refractivity contribution is 5.91. The number of esters is 3. The maximum Gasteiger partial charge on any atom is 0.391 e. The van der Waals surface area contributed by atoms with Crippen molar-refractivity contribution in [3.63, 3.8) is 0 Å². The molecule has 0 unspecified atom stereocenters. The highest BCUT2D eigenvalue weighted by Gasteiger charge is 2.42. The molecule has 1 saturated carbocycles. The first-order valence-electron chi connectivity index (χ1n) is 11.6. The largest absolute Gasteiger partial charge is 0.459 e. The van der Waals surface area contributed by atoms with E-state index in [4.69, 9.17) is 25.7 Å². The summed E-state index contributed by atoms with van der Waals surface area (Å²) in [6.07, 6.45) is -1.45. The molecule has 0 heterocycles. The van der Waals surface area contributed by atoms with Crippen molar-refractivity contribution in [3.05, 3.63) is 59.7 Å². The molecule has 2 aromatic rings. The normalized spacial score (nSPS) is 17.8. The van der Waals surface area contributed by atoms with Crippen molar-refractivity contribution >= 4 is 35.4 Å². The second kappa shape index (κ2) is 12.3. The number of hydrogen-bond donors (Lipinski definition) is 2. The molecule has 11 heteroatoms. The van der Waals surface area contributed by atoms with Crippen LogP contribution in [0.4, 0.5) is 24.5 Å². The van der Waals surface area contributed by atoms with Gasteiger partial charge in [-0.2, -0.15) is 13.2 Å². The van der Waals surface area contributed by atoms with E-state index in [-0.39, 0.29) is 50.2 Å². The van der Waals surface area contributed by atoms with Crippen LogP contribution >= 0.6 is 0 Å². The number of halogens is 3. The van der Waals surface area contributed by atoms with E-state index in [1.807, 2.05) is 0 Å². The van der Waals surface area contributed by atoms with Gasteiger partial charge in [-0.05, 0) is 67.7 Å². The number of nitrogens with two attached hydrogens (primary N) is 2. The molecule has 1 fully saturated rings. The van der Waals surface area contributed by atoms with Crippen molar-refractivity contribution in [2.75, 3.05) is 24.7 Å². The van der Waals surface area contributed by atoms with Crippen LogP contribution in [-0.2, 0) is 19.1 Å². The Morgan fingerprint density at radius 3 is 2.08 bits per heavy atom. The SMILES string of the molecule is Nc1cc(N)cc(C(=O)OCCOC(=O)/C=C/c2ccc(OC(=O)C3CCC(C(F)(F)F)CC3)cc2)c1. The molecule has 3 rings (SSSR count). The summed E-state index contributed by atoms with van der Waals surface area (Å²) in [5, 5.41) is 0. The summed E-state index contributed by atoms with van der Waals surface area (Å²) < 4.78 is 53.6. The molecule has 4 N–H and O–H groups in total. The Morgan fingerprint density at radius 1 is 0.892 bits per heavy atom. The maximum atomic E-state index is 12.8. The van der Waals surface area contributed by atoms with Crippen LogP contribution in [0.5, 0.6) is 5.75 Å². The zero-order valence-electron chi connectivity index (χ0n) is 19.8. The van der Waals surface area contributed by atoms with E-state index < -0.39 is 35.9 Å². The standard InChI is InChI=1S/C26H27F3N2O6/c27-26(28,29)19-6-4-17(5-7-19)25(34)37-22-8-1-16(2-9-22)3-10-23(32)35-11-12-36-24(33)18-13-20(30)15-21(31)14-18/h1-3,8-10,13-15,17,19H,4-7,11-12,30-31H2/b10-3+. The molecule has 0 saturated heterocycles. The fourth-order valence-electron chi connectivity index (χ4n) is 3.87. The van der Waals surface area contributed by atoms with Gasteiger partial charge in [0, 0.05) is 17.5 Å². The van der Waals surface area contributed by atoms with E-state index in [0.29, 0.717) is 16.9 Å². The number of ether oxygens (including phenoxy) is 3. The Labute approximate surface area is 211 Å². The maximum absolute atomic E-state index is 12.8. The van der Waals surface area contributed by atoms with E-state index in [9.17, 15) is 27.6 Å². The molecule has 0 bridgehead atoms. The Morgan fingerprint density at radius 2 is 1.49 bits per heavy atom. The lowest BCUT2D eigenvalue weighted by Gasteiger charge is -2.28. The van der Waals surface area contributed by atoms with Crippen molar-refractivity contribution in [1.82, 2.24) is 0 Å². The smallest absolute Gasteiger partial charge is 0.391 e. The minimum Gasteiger partial charge on any atom is -0.459 e. The molecule has 37 heavy (non-hydrogen) atoms. The lowest BCUT2D eigenvalue weighted by Crippen LogP contribution is -2.31. The van der Waals surface area contributed by atoms with E-state index >= 15 is 0 Å². The van der Waals surface area contributed by atoms with Crippen LogP contribution < -0.4 is 16.2 Å². The second-order valence-corrected chi connectivity index (χ2v) is 8.61. The van der Waals surface area contributed by atoms with Crippen molar-refractivity contribution in [3.8, 4) is 5.75 Å². The van der Waals surface area contributed by atoms with Crippen LogP contribution in [0.3, 0.4) is 0 Å². The molecule has 0 radical (unpaired) electrons. The number of carbonyl (C=O) groups excluding carboxylic acids is 3. The fraction of sp³-hybridized carbons (Fsp3) is 0.346. The number of nitrogen functional groups attached to an aromatic ring is 2. The zero-order chi connectivity index (χ0) is 27.0. The Balaban J connectivity index is 1.38. The van der Waals surface area contributed by atoms with Crippen LogP contribution in [-0.4, -0.2) is 37.3 Å². The van der Waals surface area contributed by atoms with Gasteiger partial charge in [0.1, 0.15) is 19.0 Å². The van der Waals surface area contributed by atoms with Gasteiger partial charge in [-0.1, -0.05) is 12.1 Å². The summed E-state index contributed by atoms with van der Waals surface area (Å²) >= 11 is 0. The van der Waals surface area contributed by atoms with Crippen LogP contribution in [0.1, 0.15) is 41.6 Å². The summed E-state index contributed by atoms with van der Waals surface area (Å²) in [6.45, 7) is -0.322. The van der Waals surface area contributed by atoms with Crippen molar-refractivity contribution in [2.24, 2.45) is 11.8 Å². The van der Waals surface area contributed by atoms with Gasteiger partial charge in [0.25, 0.3) is 0 Å². The first kappa shape index (κ1) is 27.6. The highest BCUT2D eigenvalue weighted by Crippen LogP contribution is 2.39. The average Bonchev–Trinajstić information content (AvgIpc) is 2.85. The van der Waals surface area contributed by atoms with Gasteiger partial charge >= 0.3 is 24.1 Å². The van der Waals surface area contributed by atoms with Gasteiger partial charge in [-0.25, -0.2) is 9.59 Å². The number of hydrogen-bond acceptors (Lipinski definition) is 8. The molecule has 8 nitrogen and oxygen atoms in total. The molecular weight excluding hydrogens is 493 g/mol. The van der Waals surface area contributed by atoms with Crippen molar-refractivity contribution in [1.29, 1.82) is 0 Å². The molecule has 0 amide bonds. The third-order valence-corrected chi connectivity index (χ3v) is 5.81. The quantitative estimate of drug-likeness (QED) is 0.171. The zero-order valence-corrected chi connectivity index (χ0v) is 19.8. The molecule has 0 aromatic heterocycles. The lowest BCUT2D eigenvalue weighted by molar-refractivity contribution is -0.185. The van der Waals surface area contributed by atoms with E-state index in [0.717, 1.165) is 0 Å². The van der Waals surface area contributed by atoms with Crippen LogP contribution in [0.15, 0.2) is 48.5 Å². The van der Waals surface area contributed by atoms with Gasteiger partial charge in [-0.3, -0.25) is 4.79 Å². The topological polar surface area (TPSA) is 131 Å². The Hall–Kier alpha value is -4.02. The summed E-state index contributed by atoms with van der Waals surface area (Å²) in [5.41, 5.74) is 12.7. The number of alkyl halides is 3. The van der Waals surface area contributed by atoms with Gasteiger partial charge in [0.15, 0.2) is 0 Å². The van der Waals surface area contributed by atoms with E-state index in [2.05, 4.69) is 0 Å². The summed E-state index contributed by atoms with van der Waals surface area (Å²) in [4.78, 5) is 36.1. The van der Waals surface area contributed by atoms with Crippen LogP contribution in [0.2, 0.25) is 0 Å². The molecule has 2 aromatic carbocycles. The van der Waals surface area contributed by atoms with Crippen molar-refractivity contribution in [2.45, 2.75) is 31.9 Å². The average molecular weight is 521 g/mol. The van der Waals surface area contributed by atoms with Gasteiger partial charge < -0.3 is 25.7 Å². The summed E-state index contributed by atoms with van der Waals surface area (Å²) in [5.74, 6) is -3.53. The van der Waals surface area contributed by atoms with Gasteiger partial charge in [0.05, 0.1) is 17.4 Å². The molecule has 1 aliphatic carbocycles. The van der Waals surface area contributed by atoms with Crippen LogP contribution in [0, 0.1) is 11.8 Å². The molecule has 0 atom stereocenters. The monoisotopic (exact) mass is 520 g/mol. The summed E-state index contributed by atoms with van der Waals surface area (Å²) in [6, 6.07) is 10.6. The fourth-order valence-corrected chi connectivity index (χ4v) is 3.87.